The lowest BCUT2D eigenvalue weighted by Crippen LogP contribution is -2.18. The van der Waals surface area contributed by atoms with E-state index in [1.807, 2.05) is 26.0 Å². The second kappa shape index (κ2) is 8.78. The number of nitrogens with zero attached hydrogens (tertiary/aromatic N) is 4. The summed E-state index contributed by atoms with van der Waals surface area (Å²) in [5.41, 5.74) is 3.11. The molecule has 0 aliphatic carbocycles. The van der Waals surface area contributed by atoms with Crippen LogP contribution in [0, 0.1) is 12.7 Å². The fourth-order valence-electron chi connectivity index (χ4n) is 3.20. The first kappa shape index (κ1) is 20.3. The Labute approximate surface area is 177 Å². The number of aromatic nitrogens is 5. The van der Waals surface area contributed by atoms with Gasteiger partial charge >= 0.3 is 5.69 Å². The van der Waals surface area contributed by atoms with Gasteiger partial charge in [0.25, 0.3) is 0 Å². The zero-order chi connectivity index (χ0) is 21.8. The molecule has 0 fully saturated rings. The standard InChI is InChI=1S/C22H20FN5O3/c1-3-30-20-12-15(23)10-11-16(20)18-7-5-9-21(24-18)31-13-17-14(2)6-4-8-19(17)28-22(29)25-26-27-28/h4-12H,3,13H2,1-2H3,(H,25,27,29). The summed E-state index contributed by atoms with van der Waals surface area (Å²) in [6, 6.07) is 15.2. The van der Waals surface area contributed by atoms with E-state index in [-0.39, 0.29) is 12.4 Å². The van der Waals surface area contributed by atoms with Gasteiger partial charge in [-0.15, -0.1) is 0 Å². The molecule has 0 bridgehead atoms. The van der Waals surface area contributed by atoms with Crippen molar-refractivity contribution in [1.29, 1.82) is 0 Å². The predicted molar refractivity (Wildman–Crippen MR) is 112 cm³/mol. The number of benzene rings is 2. The predicted octanol–water partition coefficient (Wildman–Crippen LogP) is 3.44. The summed E-state index contributed by atoms with van der Waals surface area (Å²) in [5.74, 6) is 0.416. The summed E-state index contributed by atoms with van der Waals surface area (Å²) >= 11 is 0. The Hall–Kier alpha value is -4.01. The molecule has 2 heterocycles. The summed E-state index contributed by atoms with van der Waals surface area (Å²) in [6.07, 6.45) is 0. The normalized spacial score (nSPS) is 10.8. The summed E-state index contributed by atoms with van der Waals surface area (Å²) in [7, 11) is 0. The lowest BCUT2D eigenvalue weighted by Gasteiger charge is -2.14. The van der Waals surface area contributed by atoms with Crippen molar-refractivity contribution >= 4 is 0 Å². The van der Waals surface area contributed by atoms with E-state index in [0.29, 0.717) is 35.2 Å². The highest BCUT2D eigenvalue weighted by Gasteiger charge is 2.14. The summed E-state index contributed by atoms with van der Waals surface area (Å²) in [5, 5.41) is 9.65. The average molecular weight is 421 g/mol. The molecule has 0 aliphatic rings. The minimum Gasteiger partial charge on any atom is -0.493 e. The van der Waals surface area contributed by atoms with Gasteiger partial charge in [0.05, 0.1) is 18.0 Å². The van der Waals surface area contributed by atoms with Gasteiger partial charge in [-0.2, -0.15) is 4.68 Å². The SMILES string of the molecule is CCOc1cc(F)ccc1-c1cccc(OCc2c(C)cccc2-n2nn[nH]c2=O)n1. The number of pyridine rings is 1. The molecule has 31 heavy (non-hydrogen) atoms. The van der Waals surface area contributed by atoms with E-state index in [9.17, 15) is 9.18 Å². The molecule has 8 nitrogen and oxygen atoms in total. The summed E-state index contributed by atoms with van der Waals surface area (Å²) in [6.45, 7) is 4.33. The van der Waals surface area contributed by atoms with Crippen molar-refractivity contribution in [2.75, 3.05) is 6.61 Å². The highest BCUT2D eigenvalue weighted by atomic mass is 19.1. The second-order valence-corrected chi connectivity index (χ2v) is 6.71. The van der Waals surface area contributed by atoms with E-state index < -0.39 is 5.69 Å². The fraction of sp³-hybridized carbons (Fsp3) is 0.182. The molecule has 0 amide bonds. The van der Waals surface area contributed by atoms with Crippen LogP contribution in [0.4, 0.5) is 4.39 Å². The van der Waals surface area contributed by atoms with E-state index in [1.165, 1.54) is 16.8 Å². The van der Waals surface area contributed by atoms with Crippen LogP contribution in [0.25, 0.3) is 16.9 Å². The average Bonchev–Trinajstić information content (AvgIpc) is 3.19. The van der Waals surface area contributed by atoms with Crippen molar-refractivity contribution in [2.24, 2.45) is 0 Å². The van der Waals surface area contributed by atoms with E-state index in [1.54, 1.807) is 30.3 Å². The van der Waals surface area contributed by atoms with Crippen molar-refractivity contribution in [2.45, 2.75) is 20.5 Å². The molecule has 0 unspecified atom stereocenters. The molecule has 4 aromatic rings. The molecule has 1 N–H and O–H groups in total. The molecule has 0 saturated heterocycles. The van der Waals surface area contributed by atoms with Gasteiger partial charge in [0.15, 0.2) is 0 Å². The molecule has 0 saturated carbocycles. The van der Waals surface area contributed by atoms with E-state index in [2.05, 4.69) is 20.5 Å². The van der Waals surface area contributed by atoms with Crippen LogP contribution in [0.1, 0.15) is 18.1 Å². The molecule has 0 spiro atoms. The minimum absolute atomic E-state index is 0.166. The van der Waals surface area contributed by atoms with Crippen molar-refractivity contribution in [3.8, 4) is 28.6 Å². The number of aryl methyl sites for hydroxylation is 1. The summed E-state index contributed by atoms with van der Waals surface area (Å²) in [4.78, 5) is 16.5. The van der Waals surface area contributed by atoms with Crippen LogP contribution in [-0.4, -0.2) is 31.8 Å². The maximum Gasteiger partial charge on any atom is 0.365 e. The molecule has 158 valence electrons. The first-order valence-electron chi connectivity index (χ1n) is 9.68. The van der Waals surface area contributed by atoms with Gasteiger partial charge in [-0.1, -0.05) is 18.2 Å². The third-order valence-electron chi connectivity index (χ3n) is 4.69. The number of rotatable bonds is 7. The Morgan fingerprint density at radius 2 is 1.94 bits per heavy atom. The van der Waals surface area contributed by atoms with E-state index >= 15 is 0 Å². The highest BCUT2D eigenvalue weighted by Crippen LogP contribution is 2.31. The monoisotopic (exact) mass is 421 g/mol. The number of nitrogens with one attached hydrogen (secondary N) is 1. The maximum atomic E-state index is 13.6. The number of tetrazole rings is 1. The van der Waals surface area contributed by atoms with Crippen LogP contribution in [0.15, 0.2) is 59.4 Å². The Kier molecular flexibility index (Phi) is 5.74. The molecular weight excluding hydrogens is 401 g/mol. The first-order valence-corrected chi connectivity index (χ1v) is 9.68. The van der Waals surface area contributed by atoms with Crippen LogP contribution in [-0.2, 0) is 6.61 Å². The van der Waals surface area contributed by atoms with Crippen molar-refractivity contribution < 1.29 is 13.9 Å². The lowest BCUT2D eigenvalue weighted by molar-refractivity contribution is 0.293. The number of halogens is 1. The molecule has 0 aliphatic heterocycles. The quantitative estimate of drug-likeness (QED) is 0.491. The van der Waals surface area contributed by atoms with E-state index in [4.69, 9.17) is 9.47 Å². The van der Waals surface area contributed by atoms with Gasteiger partial charge in [0, 0.05) is 23.3 Å². The Balaban J connectivity index is 1.63. The van der Waals surface area contributed by atoms with Gasteiger partial charge in [-0.3, -0.25) is 0 Å². The third kappa shape index (κ3) is 4.30. The molecule has 2 aromatic heterocycles. The van der Waals surface area contributed by atoms with Crippen molar-refractivity contribution in [3.05, 3.63) is 82.0 Å². The lowest BCUT2D eigenvalue weighted by atomic mass is 10.1. The van der Waals surface area contributed by atoms with Crippen molar-refractivity contribution in [1.82, 2.24) is 25.2 Å². The molecule has 0 atom stereocenters. The molecule has 0 radical (unpaired) electrons. The topological polar surface area (TPSA) is 94.9 Å². The third-order valence-corrected chi connectivity index (χ3v) is 4.69. The van der Waals surface area contributed by atoms with Crippen LogP contribution < -0.4 is 15.2 Å². The minimum atomic E-state index is -0.438. The zero-order valence-electron chi connectivity index (χ0n) is 17.0. The van der Waals surface area contributed by atoms with Gasteiger partial charge < -0.3 is 9.47 Å². The smallest absolute Gasteiger partial charge is 0.365 e. The Morgan fingerprint density at radius 3 is 2.71 bits per heavy atom. The van der Waals surface area contributed by atoms with Crippen LogP contribution in [0.5, 0.6) is 11.6 Å². The maximum absolute atomic E-state index is 13.6. The van der Waals surface area contributed by atoms with Crippen LogP contribution in [0.3, 0.4) is 0 Å². The van der Waals surface area contributed by atoms with Crippen LogP contribution in [0.2, 0.25) is 0 Å². The van der Waals surface area contributed by atoms with Gasteiger partial charge in [0.1, 0.15) is 18.2 Å². The van der Waals surface area contributed by atoms with E-state index in [0.717, 1.165) is 11.1 Å². The first-order chi connectivity index (χ1) is 15.1. The number of ether oxygens (including phenoxy) is 2. The number of hydrogen-bond donors (Lipinski definition) is 1. The fourth-order valence-corrected chi connectivity index (χ4v) is 3.20. The molecule has 4 rings (SSSR count). The molecular formula is C22H20FN5O3. The summed E-state index contributed by atoms with van der Waals surface area (Å²) < 4.78 is 26.3. The number of aromatic amines is 1. The molecule has 2 aromatic carbocycles. The largest absolute Gasteiger partial charge is 0.493 e. The number of H-pyrrole nitrogens is 1. The molecule has 9 heteroatoms. The van der Waals surface area contributed by atoms with Crippen molar-refractivity contribution in [3.63, 3.8) is 0 Å². The van der Waals surface area contributed by atoms with Gasteiger partial charge in [0.2, 0.25) is 5.88 Å². The van der Waals surface area contributed by atoms with Gasteiger partial charge in [-0.05, 0) is 54.1 Å². The van der Waals surface area contributed by atoms with Gasteiger partial charge in [-0.25, -0.2) is 19.3 Å². The van der Waals surface area contributed by atoms with Crippen LogP contribution >= 0.6 is 0 Å². The Morgan fingerprint density at radius 1 is 1.10 bits per heavy atom. The second-order valence-electron chi connectivity index (χ2n) is 6.71. The Bertz CT molecular complexity index is 1270. The number of hydrogen-bond acceptors (Lipinski definition) is 6. The highest BCUT2D eigenvalue weighted by molar-refractivity contribution is 5.67. The zero-order valence-corrected chi connectivity index (χ0v) is 17.0.